The molecule has 0 aromatic heterocycles. The first-order valence-corrected chi connectivity index (χ1v) is 6.16. The molecule has 1 heterocycles. The first kappa shape index (κ1) is 12.6. The van der Waals surface area contributed by atoms with Gasteiger partial charge in [-0.25, -0.2) is 0 Å². The van der Waals surface area contributed by atoms with E-state index in [1.807, 2.05) is 6.07 Å². The molecular weight excluding hydrogens is 228 g/mol. The number of hydrogen-bond acceptors (Lipinski definition) is 3. The van der Waals surface area contributed by atoms with Crippen molar-refractivity contribution in [3.05, 3.63) is 42.0 Å². The Labute approximate surface area is 107 Å². The number of hydrogen-bond donors (Lipinski definition) is 2. The van der Waals surface area contributed by atoms with E-state index in [1.165, 1.54) is 0 Å². The molecule has 96 valence electrons. The van der Waals surface area contributed by atoms with Crippen molar-refractivity contribution in [2.75, 3.05) is 26.2 Å². The van der Waals surface area contributed by atoms with E-state index in [-0.39, 0.29) is 11.7 Å². The van der Waals surface area contributed by atoms with Crippen LogP contribution in [0.4, 0.5) is 0 Å². The predicted molar refractivity (Wildman–Crippen MR) is 70.4 cm³/mol. The SMILES string of the molecule is O=C(Cc1cccc(O)c1)NCCN1CC=CC1. The van der Waals surface area contributed by atoms with Crippen LogP contribution in [0.5, 0.6) is 5.75 Å². The summed E-state index contributed by atoms with van der Waals surface area (Å²) in [6.07, 6.45) is 4.58. The number of amides is 1. The van der Waals surface area contributed by atoms with Crippen molar-refractivity contribution in [2.45, 2.75) is 6.42 Å². The Bertz CT molecular complexity index is 435. The summed E-state index contributed by atoms with van der Waals surface area (Å²) in [4.78, 5) is 13.9. The summed E-state index contributed by atoms with van der Waals surface area (Å²) in [6, 6.07) is 6.79. The zero-order valence-corrected chi connectivity index (χ0v) is 10.3. The van der Waals surface area contributed by atoms with Crippen molar-refractivity contribution >= 4 is 5.91 Å². The summed E-state index contributed by atoms with van der Waals surface area (Å²) in [7, 11) is 0. The van der Waals surface area contributed by atoms with Crippen molar-refractivity contribution in [1.82, 2.24) is 10.2 Å². The fourth-order valence-corrected chi connectivity index (χ4v) is 1.97. The van der Waals surface area contributed by atoms with Gasteiger partial charge in [-0.15, -0.1) is 0 Å². The summed E-state index contributed by atoms with van der Waals surface area (Å²) in [5.74, 6) is 0.191. The van der Waals surface area contributed by atoms with E-state index in [9.17, 15) is 9.90 Å². The minimum absolute atomic E-state index is 0.00671. The highest BCUT2D eigenvalue weighted by atomic mass is 16.3. The van der Waals surface area contributed by atoms with Crippen LogP contribution in [0.2, 0.25) is 0 Å². The number of nitrogens with zero attached hydrogens (tertiary/aromatic N) is 1. The van der Waals surface area contributed by atoms with Crippen LogP contribution in [-0.2, 0) is 11.2 Å². The van der Waals surface area contributed by atoms with Crippen LogP contribution < -0.4 is 5.32 Å². The molecule has 1 aromatic rings. The Morgan fingerprint density at radius 1 is 1.33 bits per heavy atom. The number of phenols is 1. The summed E-state index contributed by atoms with van der Waals surface area (Å²) >= 11 is 0. The van der Waals surface area contributed by atoms with E-state index in [0.717, 1.165) is 25.2 Å². The zero-order chi connectivity index (χ0) is 12.8. The second-order valence-electron chi connectivity index (χ2n) is 4.43. The van der Waals surface area contributed by atoms with E-state index in [2.05, 4.69) is 22.4 Å². The topological polar surface area (TPSA) is 52.6 Å². The molecule has 1 aliphatic heterocycles. The number of carbonyl (C=O) groups is 1. The van der Waals surface area contributed by atoms with Gasteiger partial charge in [-0.1, -0.05) is 24.3 Å². The van der Waals surface area contributed by atoms with Gasteiger partial charge in [-0.3, -0.25) is 9.69 Å². The van der Waals surface area contributed by atoms with Gasteiger partial charge in [0.1, 0.15) is 5.75 Å². The van der Waals surface area contributed by atoms with Crippen molar-refractivity contribution in [1.29, 1.82) is 0 Å². The summed E-state index contributed by atoms with van der Waals surface area (Å²) in [6.45, 7) is 3.49. The van der Waals surface area contributed by atoms with Crippen LogP contribution in [0.1, 0.15) is 5.56 Å². The van der Waals surface area contributed by atoms with Gasteiger partial charge in [-0.05, 0) is 17.7 Å². The summed E-state index contributed by atoms with van der Waals surface area (Å²) in [5.41, 5.74) is 0.829. The van der Waals surface area contributed by atoms with Crippen LogP contribution in [-0.4, -0.2) is 42.1 Å². The predicted octanol–water partition coefficient (Wildman–Crippen LogP) is 0.923. The third kappa shape index (κ3) is 3.89. The number of benzene rings is 1. The first-order chi connectivity index (χ1) is 8.74. The molecule has 2 N–H and O–H groups in total. The monoisotopic (exact) mass is 246 g/mol. The third-order valence-electron chi connectivity index (χ3n) is 2.92. The summed E-state index contributed by atoms with van der Waals surface area (Å²) in [5, 5.41) is 12.2. The molecule has 0 fully saturated rings. The van der Waals surface area contributed by atoms with E-state index in [4.69, 9.17) is 0 Å². The second-order valence-corrected chi connectivity index (χ2v) is 4.43. The minimum Gasteiger partial charge on any atom is -0.508 e. The largest absolute Gasteiger partial charge is 0.508 e. The molecule has 1 aliphatic rings. The normalized spacial score (nSPS) is 14.9. The van der Waals surface area contributed by atoms with E-state index in [1.54, 1.807) is 18.2 Å². The second kappa shape index (κ2) is 6.21. The molecule has 0 spiro atoms. The Morgan fingerprint density at radius 3 is 2.83 bits per heavy atom. The number of rotatable bonds is 5. The zero-order valence-electron chi connectivity index (χ0n) is 10.3. The molecule has 1 aromatic carbocycles. The van der Waals surface area contributed by atoms with E-state index in [0.29, 0.717) is 13.0 Å². The fourth-order valence-electron chi connectivity index (χ4n) is 1.97. The Morgan fingerprint density at radius 2 is 2.11 bits per heavy atom. The van der Waals surface area contributed by atoms with Crippen molar-refractivity contribution in [3.63, 3.8) is 0 Å². The number of nitrogens with one attached hydrogen (secondary N) is 1. The van der Waals surface area contributed by atoms with Gasteiger partial charge < -0.3 is 10.4 Å². The molecule has 4 nitrogen and oxygen atoms in total. The lowest BCUT2D eigenvalue weighted by Crippen LogP contribution is -2.34. The molecule has 18 heavy (non-hydrogen) atoms. The lowest BCUT2D eigenvalue weighted by atomic mass is 10.1. The standard InChI is InChI=1S/C14H18N2O2/c17-13-5-3-4-12(10-13)11-14(18)15-6-9-16-7-1-2-8-16/h1-5,10,17H,6-9,11H2,(H,15,18). The van der Waals surface area contributed by atoms with E-state index >= 15 is 0 Å². The molecule has 0 saturated heterocycles. The smallest absolute Gasteiger partial charge is 0.224 e. The minimum atomic E-state index is -0.00671. The molecule has 1 amide bonds. The number of carbonyl (C=O) groups excluding carboxylic acids is 1. The highest BCUT2D eigenvalue weighted by molar-refractivity contribution is 5.78. The molecule has 0 unspecified atom stereocenters. The lowest BCUT2D eigenvalue weighted by molar-refractivity contribution is -0.120. The average molecular weight is 246 g/mol. The van der Waals surface area contributed by atoms with Gasteiger partial charge in [-0.2, -0.15) is 0 Å². The maximum absolute atomic E-state index is 11.7. The van der Waals surface area contributed by atoms with Crippen LogP contribution in [0, 0.1) is 0 Å². The quantitative estimate of drug-likeness (QED) is 0.760. The molecule has 0 bridgehead atoms. The summed E-state index contributed by atoms with van der Waals surface area (Å²) < 4.78 is 0. The number of aromatic hydroxyl groups is 1. The maximum atomic E-state index is 11.7. The van der Waals surface area contributed by atoms with Crippen molar-refractivity contribution in [2.24, 2.45) is 0 Å². The highest BCUT2D eigenvalue weighted by Gasteiger charge is 2.07. The van der Waals surface area contributed by atoms with Gasteiger partial charge in [0.25, 0.3) is 0 Å². The van der Waals surface area contributed by atoms with Crippen LogP contribution in [0.15, 0.2) is 36.4 Å². The van der Waals surface area contributed by atoms with Crippen LogP contribution >= 0.6 is 0 Å². The Hall–Kier alpha value is -1.81. The van der Waals surface area contributed by atoms with Gasteiger partial charge in [0, 0.05) is 26.2 Å². The maximum Gasteiger partial charge on any atom is 0.224 e. The fraction of sp³-hybridized carbons (Fsp3) is 0.357. The van der Waals surface area contributed by atoms with Crippen LogP contribution in [0.3, 0.4) is 0 Å². The molecule has 2 rings (SSSR count). The van der Waals surface area contributed by atoms with Crippen LogP contribution in [0.25, 0.3) is 0 Å². The molecule has 0 saturated carbocycles. The van der Waals surface area contributed by atoms with Crippen molar-refractivity contribution in [3.8, 4) is 5.75 Å². The Kier molecular flexibility index (Phi) is 4.36. The molecule has 0 aliphatic carbocycles. The van der Waals surface area contributed by atoms with E-state index < -0.39 is 0 Å². The Balaban J connectivity index is 1.68. The van der Waals surface area contributed by atoms with Gasteiger partial charge in [0.15, 0.2) is 0 Å². The van der Waals surface area contributed by atoms with Gasteiger partial charge >= 0.3 is 0 Å². The van der Waals surface area contributed by atoms with Gasteiger partial charge in [0.05, 0.1) is 6.42 Å². The molecule has 0 atom stereocenters. The average Bonchev–Trinajstić information content (AvgIpc) is 2.82. The molecule has 0 radical (unpaired) electrons. The molecular formula is C14H18N2O2. The van der Waals surface area contributed by atoms with Gasteiger partial charge in [0.2, 0.25) is 5.91 Å². The lowest BCUT2D eigenvalue weighted by Gasteiger charge is -2.14. The first-order valence-electron chi connectivity index (χ1n) is 6.16. The highest BCUT2D eigenvalue weighted by Crippen LogP contribution is 2.11. The number of phenolic OH excluding ortho intramolecular Hbond substituents is 1. The third-order valence-corrected chi connectivity index (χ3v) is 2.92. The molecule has 4 heteroatoms. The van der Waals surface area contributed by atoms with Crippen molar-refractivity contribution < 1.29 is 9.90 Å².